The second-order valence-electron chi connectivity index (χ2n) is 8.02. The average molecular weight is 456 g/mol. The van der Waals surface area contributed by atoms with Crippen molar-refractivity contribution in [3.05, 3.63) is 55.4 Å². The summed E-state index contributed by atoms with van der Waals surface area (Å²) in [7, 11) is 1.68. The number of nitrogens with zero attached hydrogens (tertiary/aromatic N) is 5. The fourth-order valence-corrected chi connectivity index (χ4v) is 5.68. The minimum atomic E-state index is -0.285. The molecule has 2 aromatic heterocycles. The molecule has 0 unspecified atom stereocenters. The molecular weight excluding hydrogens is 430 g/mol. The van der Waals surface area contributed by atoms with Gasteiger partial charge in [0.15, 0.2) is 0 Å². The Bertz CT molecular complexity index is 1300. The van der Waals surface area contributed by atoms with Crippen molar-refractivity contribution in [2.24, 2.45) is 5.16 Å². The van der Waals surface area contributed by atoms with Crippen LogP contribution in [0.15, 0.2) is 44.4 Å². The van der Waals surface area contributed by atoms with Crippen LogP contribution in [0.2, 0.25) is 0 Å². The van der Waals surface area contributed by atoms with Gasteiger partial charge in [-0.1, -0.05) is 17.3 Å². The molecule has 2 aliphatic rings. The first-order valence-corrected chi connectivity index (χ1v) is 11.6. The SMILES string of the molecule is COc1ccccc1N1CCN(CCn2c(=O)c3csc4c3n(c2=O)CC/C4=N\O)CC1. The lowest BCUT2D eigenvalue weighted by molar-refractivity contribution is 0.244. The Balaban J connectivity index is 1.32. The maximum absolute atomic E-state index is 13.1. The van der Waals surface area contributed by atoms with Crippen LogP contribution in [0.1, 0.15) is 11.3 Å². The van der Waals surface area contributed by atoms with Gasteiger partial charge in [0.1, 0.15) is 11.5 Å². The molecule has 32 heavy (non-hydrogen) atoms. The number of aryl methyl sites for hydroxylation is 1. The second kappa shape index (κ2) is 8.44. The fraction of sp³-hybridized carbons (Fsp3) is 0.409. The average Bonchev–Trinajstić information content (AvgIpc) is 3.28. The van der Waals surface area contributed by atoms with Crippen LogP contribution in [0, 0.1) is 0 Å². The zero-order valence-electron chi connectivity index (χ0n) is 17.9. The van der Waals surface area contributed by atoms with E-state index in [2.05, 4.69) is 21.0 Å². The van der Waals surface area contributed by atoms with Gasteiger partial charge < -0.3 is 14.8 Å². The number of hydrogen-bond donors (Lipinski definition) is 1. The van der Waals surface area contributed by atoms with E-state index in [9.17, 15) is 14.8 Å². The maximum Gasteiger partial charge on any atom is 0.331 e. The van der Waals surface area contributed by atoms with E-state index >= 15 is 0 Å². The van der Waals surface area contributed by atoms with Gasteiger partial charge in [-0.25, -0.2) is 4.79 Å². The molecule has 0 atom stereocenters. The number of hydrogen-bond acceptors (Lipinski definition) is 8. The van der Waals surface area contributed by atoms with Crippen LogP contribution in [-0.4, -0.2) is 64.8 Å². The monoisotopic (exact) mass is 455 g/mol. The Morgan fingerprint density at radius 3 is 2.62 bits per heavy atom. The quantitative estimate of drug-likeness (QED) is 0.465. The third kappa shape index (κ3) is 3.39. The molecule has 0 bridgehead atoms. The summed E-state index contributed by atoms with van der Waals surface area (Å²) in [6, 6.07) is 8.01. The van der Waals surface area contributed by atoms with Crippen LogP contribution in [0.4, 0.5) is 5.69 Å². The lowest BCUT2D eigenvalue weighted by atomic mass is 10.1. The molecule has 3 aromatic rings. The summed E-state index contributed by atoms with van der Waals surface area (Å²) < 4.78 is 8.49. The summed E-state index contributed by atoms with van der Waals surface area (Å²) in [6.45, 7) is 4.82. The van der Waals surface area contributed by atoms with E-state index in [0.717, 1.165) is 37.6 Å². The van der Waals surface area contributed by atoms with E-state index in [0.29, 0.717) is 47.5 Å². The van der Waals surface area contributed by atoms with E-state index in [1.807, 2.05) is 18.2 Å². The molecule has 1 aromatic carbocycles. The molecule has 0 spiro atoms. The van der Waals surface area contributed by atoms with Crippen molar-refractivity contribution in [2.75, 3.05) is 44.7 Å². The molecule has 1 saturated heterocycles. The molecule has 0 amide bonds. The highest BCUT2D eigenvalue weighted by Gasteiger charge is 2.25. The van der Waals surface area contributed by atoms with E-state index in [4.69, 9.17) is 4.74 Å². The molecule has 5 rings (SSSR count). The fourth-order valence-electron chi connectivity index (χ4n) is 4.63. The van der Waals surface area contributed by atoms with Gasteiger partial charge in [-0.15, -0.1) is 11.3 Å². The van der Waals surface area contributed by atoms with Gasteiger partial charge in [0, 0.05) is 57.6 Å². The normalized spacial score (nSPS) is 17.9. The van der Waals surface area contributed by atoms with Crippen LogP contribution in [-0.2, 0) is 13.1 Å². The number of anilines is 1. The Morgan fingerprint density at radius 1 is 1.09 bits per heavy atom. The van der Waals surface area contributed by atoms with E-state index in [1.54, 1.807) is 17.1 Å². The van der Waals surface area contributed by atoms with Gasteiger partial charge in [-0.3, -0.25) is 18.8 Å². The number of oxime groups is 1. The van der Waals surface area contributed by atoms with Crippen LogP contribution >= 0.6 is 11.3 Å². The molecule has 4 heterocycles. The van der Waals surface area contributed by atoms with Crippen molar-refractivity contribution >= 4 is 33.6 Å². The van der Waals surface area contributed by atoms with Gasteiger partial charge in [-0.05, 0) is 12.1 Å². The molecule has 0 radical (unpaired) electrons. The van der Waals surface area contributed by atoms with E-state index in [1.165, 1.54) is 15.9 Å². The molecular formula is C22H25N5O4S. The first-order chi connectivity index (χ1) is 15.6. The van der Waals surface area contributed by atoms with Crippen LogP contribution in [0.25, 0.3) is 10.9 Å². The van der Waals surface area contributed by atoms with Gasteiger partial charge in [0.25, 0.3) is 5.56 Å². The molecule has 9 nitrogen and oxygen atoms in total. The predicted molar refractivity (Wildman–Crippen MR) is 125 cm³/mol. The van der Waals surface area contributed by atoms with Crippen molar-refractivity contribution in [1.29, 1.82) is 0 Å². The smallest absolute Gasteiger partial charge is 0.331 e. The number of methoxy groups -OCH3 is 1. The summed E-state index contributed by atoms with van der Waals surface area (Å²) in [5.74, 6) is 0.868. The lowest BCUT2D eigenvalue weighted by Crippen LogP contribution is -2.49. The number of ether oxygens (including phenoxy) is 1. The Morgan fingerprint density at radius 2 is 1.88 bits per heavy atom. The summed E-state index contributed by atoms with van der Waals surface area (Å²) >= 11 is 1.35. The van der Waals surface area contributed by atoms with Crippen molar-refractivity contribution in [1.82, 2.24) is 14.0 Å². The topological polar surface area (TPSA) is 92.3 Å². The van der Waals surface area contributed by atoms with Gasteiger partial charge in [0.2, 0.25) is 0 Å². The summed E-state index contributed by atoms with van der Waals surface area (Å²) in [5, 5.41) is 14.9. The predicted octanol–water partition coefficient (Wildman–Crippen LogP) is 1.64. The molecule has 10 heteroatoms. The molecule has 0 aliphatic carbocycles. The van der Waals surface area contributed by atoms with Crippen LogP contribution in [0.3, 0.4) is 0 Å². The van der Waals surface area contributed by atoms with Gasteiger partial charge in [0.05, 0.1) is 28.6 Å². The highest BCUT2D eigenvalue weighted by molar-refractivity contribution is 7.14. The Hall–Kier alpha value is -3.11. The Labute approximate surface area is 188 Å². The number of thiophene rings is 1. The number of benzene rings is 1. The minimum Gasteiger partial charge on any atom is -0.495 e. The largest absolute Gasteiger partial charge is 0.495 e. The molecule has 1 fully saturated rings. The number of rotatable bonds is 5. The number of aromatic nitrogens is 2. The van der Waals surface area contributed by atoms with Crippen molar-refractivity contribution in [3.63, 3.8) is 0 Å². The molecule has 0 saturated carbocycles. The standard InChI is InChI=1S/C22H25N5O4S/c1-31-18-5-3-2-4-17(18)25-11-8-24(9-12-25)10-13-27-21(28)15-14-32-20-16(23-30)6-7-26(19(15)20)22(27)29/h2-5,14,30H,6-13H2,1H3/b23-16+. The third-order valence-corrected chi connectivity index (χ3v) is 7.38. The molecule has 168 valence electrons. The summed E-state index contributed by atoms with van der Waals surface area (Å²) in [4.78, 5) is 31.4. The maximum atomic E-state index is 13.1. The van der Waals surface area contributed by atoms with Crippen molar-refractivity contribution in [2.45, 2.75) is 19.5 Å². The molecule has 1 N–H and O–H groups in total. The van der Waals surface area contributed by atoms with Crippen LogP contribution < -0.4 is 20.9 Å². The summed E-state index contributed by atoms with van der Waals surface area (Å²) in [5.41, 5.74) is 1.68. The van der Waals surface area contributed by atoms with Gasteiger partial charge >= 0.3 is 5.69 Å². The first kappa shape index (κ1) is 20.8. The van der Waals surface area contributed by atoms with Crippen molar-refractivity contribution in [3.8, 4) is 5.75 Å². The lowest BCUT2D eigenvalue weighted by Gasteiger charge is -2.36. The van der Waals surface area contributed by atoms with E-state index in [-0.39, 0.29) is 11.2 Å². The second-order valence-corrected chi connectivity index (χ2v) is 8.89. The number of piperazine rings is 1. The van der Waals surface area contributed by atoms with Crippen molar-refractivity contribution < 1.29 is 9.94 Å². The number of para-hydroxylation sites is 2. The summed E-state index contributed by atoms with van der Waals surface area (Å²) in [6.07, 6.45) is 0.474. The van der Waals surface area contributed by atoms with E-state index < -0.39 is 0 Å². The first-order valence-electron chi connectivity index (χ1n) is 10.7. The zero-order valence-corrected chi connectivity index (χ0v) is 18.7. The zero-order chi connectivity index (χ0) is 22.2. The van der Waals surface area contributed by atoms with Gasteiger partial charge in [-0.2, -0.15) is 0 Å². The van der Waals surface area contributed by atoms with Crippen LogP contribution in [0.5, 0.6) is 5.75 Å². The highest BCUT2D eigenvalue weighted by atomic mass is 32.1. The third-order valence-electron chi connectivity index (χ3n) is 6.37. The minimum absolute atomic E-state index is 0.268. The molecule has 2 aliphatic heterocycles. The highest BCUT2D eigenvalue weighted by Crippen LogP contribution is 2.29. The Kier molecular flexibility index (Phi) is 5.48.